The molecular formula is C20H21FN4OS. The Balaban J connectivity index is 1.50. The highest BCUT2D eigenvalue weighted by molar-refractivity contribution is 7.99. The second-order valence-electron chi connectivity index (χ2n) is 6.19. The SMILES string of the molecule is Cc1ccccc1CCNC(=O)CSc1nnc(-c2ccc(F)cc2)n1C. The molecule has 1 heterocycles. The van der Waals surface area contributed by atoms with E-state index in [2.05, 4.69) is 34.6 Å². The summed E-state index contributed by atoms with van der Waals surface area (Å²) in [4.78, 5) is 12.1. The van der Waals surface area contributed by atoms with Gasteiger partial charge in [-0.05, 0) is 48.7 Å². The van der Waals surface area contributed by atoms with Crippen LogP contribution in [-0.4, -0.2) is 33.0 Å². The van der Waals surface area contributed by atoms with Gasteiger partial charge in [-0.1, -0.05) is 36.0 Å². The molecule has 140 valence electrons. The minimum Gasteiger partial charge on any atom is -0.355 e. The van der Waals surface area contributed by atoms with E-state index in [1.54, 1.807) is 16.7 Å². The van der Waals surface area contributed by atoms with Crippen LogP contribution in [0.5, 0.6) is 0 Å². The monoisotopic (exact) mass is 384 g/mol. The van der Waals surface area contributed by atoms with Crippen LogP contribution in [0.2, 0.25) is 0 Å². The Morgan fingerprint density at radius 3 is 2.63 bits per heavy atom. The summed E-state index contributed by atoms with van der Waals surface area (Å²) in [5.41, 5.74) is 3.25. The maximum Gasteiger partial charge on any atom is 0.230 e. The lowest BCUT2D eigenvalue weighted by atomic mass is 10.1. The molecule has 0 unspecified atom stereocenters. The van der Waals surface area contributed by atoms with Gasteiger partial charge in [-0.2, -0.15) is 0 Å². The standard InChI is InChI=1S/C20H21FN4OS/c1-14-5-3-4-6-15(14)11-12-22-18(26)13-27-20-24-23-19(25(20)2)16-7-9-17(21)10-8-16/h3-10H,11-13H2,1-2H3,(H,22,26). The molecule has 2 aromatic carbocycles. The van der Waals surface area contributed by atoms with Crippen molar-refractivity contribution in [2.24, 2.45) is 7.05 Å². The first-order valence-electron chi connectivity index (χ1n) is 8.64. The Kier molecular flexibility index (Phi) is 6.24. The minimum absolute atomic E-state index is 0.0417. The molecule has 5 nitrogen and oxygen atoms in total. The molecule has 0 atom stereocenters. The number of thioether (sulfide) groups is 1. The summed E-state index contributed by atoms with van der Waals surface area (Å²) in [6.07, 6.45) is 0.807. The molecule has 0 spiro atoms. The van der Waals surface area contributed by atoms with Crippen molar-refractivity contribution >= 4 is 17.7 Å². The first kappa shape index (κ1) is 19.1. The molecule has 0 aliphatic heterocycles. The summed E-state index contributed by atoms with van der Waals surface area (Å²) < 4.78 is 14.9. The van der Waals surface area contributed by atoms with Gasteiger partial charge < -0.3 is 9.88 Å². The van der Waals surface area contributed by atoms with Gasteiger partial charge in [0, 0.05) is 19.2 Å². The van der Waals surface area contributed by atoms with Gasteiger partial charge in [0.15, 0.2) is 11.0 Å². The second kappa shape index (κ2) is 8.81. The Bertz CT molecular complexity index is 924. The smallest absolute Gasteiger partial charge is 0.230 e. The van der Waals surface area contributed by atoms with Crippen molar-refractivity contribution in [1.29, 1.82) is 0 Å². The van der Waals surface area contributed by atoms with Gasteiger partial charge in [-0.3, -0.25) is 4.79 Å². The summed E-state index contributed by atoms with van der Waals surface area (Å²) in [5, 5.41) is 11.8. The number of nitrogens with one attached hydrogen (secondary N) is 1. The summed E-state index contributed by atoms with van der Waals surface area (Å²) in [7, 11) is 1.83. The van der Waals surface area contributed by atoms with E-state index in [-0.39, 0.29) is 17.5 Å². The van der Waals surface area contributed by atoms with Crippen molar-refractivity contribution in [3.05, 3.63) is 65.5 Å². The Labute approximate surface area is 162 Å². The number of carbonyl (C=O) groups excluding carboxylic acids is 1. The number of hydrogen-bond acceptors (Lipinski definition) is 4. The molecule has 0 fully saturated rings. The van der Waals surface area contributed by atoms with E-state index in [0.717, 1.165) is 12.0 Å². The minimum atomic E-state index is -0.294. The van der Waals surface area contributed by atoms with Crippen LogP contribution in [0, 0.1) is 12.7 Å². The number of halogens is 1. The highest BCUT2D eigenvalue weighted by Crippen LogP contribution is 2.22. The third kappa shape index (κ3) is 4.95. The maximum atomic E-state index is 13.1. The summed E-state index contributed by atoms with van der Waals surface area (Å²) in [6, 6.07) is 14.3. The molecule has 1 aromatic heterocycles. The number of nitrogens with zero attached hydrogens (tertiary/aromatic N) is 3. The normalized spacial score (nSPS) is 10.8. The van der Waals surface area contributed by atoms with Gasteiger partial charge in [0.2, 0.25) is 5.91 Å². The quantitative estimate of drug-likeness (QED) is 0.635. The molecule has 0 saturated carbocycles. The van der Waals surface area contributed by atoms with E-state index in [9.17, 15) is 9.18 Å². The van der Waals surface area contributed by atoms with Crippen LogP contribution in [0.15, 0.2) is 53.7 Å². The number of amides is 1. The number of carbonyl (C=O) groups is 1. The Morgan fingerprint density at radius 2 is 1.89 bits per heavy atom. The highest BCUT2D eigenvalue weighted by Gasteiger charge is 2.13. The highest BCUT2D eigenvalue weighted by atomic mass is 32.2. The van der Waals surface area contributed by atoms with Gasteiger partial charge >= 0.3 is 0 Å². The average Bonchev–Trinajstić information content (AvgIpc) is 3.03. The number of benzene rings is 2. The topological polar surface area (TPSA) is 59.8 Å². The van der Waals surface area contributed by atoms with E-state index in [0.29, 0.717) is 17.5 Å². The third-order valence-corrected chi connectivity index (χ3v) is 5.27. The lowest BCUT2D eigenvalue weighted by Crippen LogP contribution is -2.27. The molecule has 3 aromatic rings. The van der Waals surface area contributed by atoms with Crippen LogP contribution < -0.4 is 5.32 Å². The molecule has 0 aliphatic rings. The number of aryl methyl sites for hydroxylation is 1. The van der Waals surface area contributed by atoms with Crippen molar-refractivity contribution in [3.8, 4) is 11.4 Å². The average molecular weight is 384 g/mol. The molecule has 3 rings (SSSR count). The van der Waals surface area contributed by atoms with Crippen molar-refractivity contribution in [2.45, 2.75) is 18.5 Å². The zero-order valence-corrected chi connectivity index (χ0v) is 16.1. The second-order valence-corrected chi connectivity index (χ2v) is 7.13. The fourth-order valence-corrected chi connectivity index (χ4v) is 3.44. The van der Waals surface area contributed by atoms with E-state index < -0.39 is 0 Å². The van der Waals surface area contributed by atoms with Crippen LogP contribution in [0.3, 0.4) is 0 Å². The van der Waals surface area contributed by atoms with Gasteiger partial charge in [0.05, 0.1) is 5.75 Å². The predicted octanol–water partition coefficient (Wildman–Crippen LogP) is 3.38. The molecule has 0 radical (unpaired) electrons. The van der Waals surface area contributed by atoms with Crippen molar-refractivity contribution in [2.75, 3.05) is 12.3 Å². The van der Waals surface area contributed by atoms with Gasteiger partial charge in [0.1, 0.15) is 5.82 Å². The van der Waals surface area contributed by atoms with Crippen LogP contribution >= 0.6 is 11.8 Å². The molecule has 1 N–H and O–H groups in total. The fraction of sp³-hybridized carbons (Fsp3) is 0.250. The lowest BCUT2D eigenvalue weighted by molar-refractivity contribution is -0.118. The van der Waals surface area contributed by atoms with E-state index >= 15 is 0 Å². The maximum absolute atomic E-state index is 13.1. The molecule has 27 heavy (non-hydrogen) atoms. The molecule has 0 aliphatic carbocycles. The van der Waals surface area contributed by atoms with Gasteiger partial charge in [0.25, 0.3) is 0 Å². The fourth-order valence-electron chi connectivity index (χ4n) is 2.70. The van der Waals surface area contributed by atoms with Crippen molar-refractivity contribution in [1.82, 2.24) is 20.1 Å². The third-order valence-electron chi connectivity index (χ3n) is 4.25. The molecule has 0 saturated heterocycles. The first-order valence-corrected chi connectivity index (χ1v) is 9.62. The largest absolute Gasteiger partial charge is 0.355 e. The lowest BCUT2D eigenvalue weighted by Gasteiger charge is -2.07. The zero-order chi connectivity index (χ0) is 19.2. The van der Waals surface area contributed by atoms with E-state index in [1.807, 2.05) is 19.2 Å². The van der Waals surface area contributed by atoms with Crippen LogP contribution in [0.1, 0.15) is 11.1 Å². The van der Waals surface area contributed by atoms with Crippen LogP contribution in [0.25, 0.3) is 11.4 Å². The van der Waals surface area contributed by atoms with Crippen LogP contribution in [0.4, 0.5) is 4.39 Å². The first-order chi connectivity index (χ1) is 13.0. The van der Waals surface area contributed by atoms with Gasteiger partial charge in [-0.15, -0.1) is 10.2 Å². The zero-order valence-electron chi connectivity index (χ0n) is 15.3. The number of hydrogen-bond donors (Lipinski definition) is 1. The van der Waals surface area contributed by atoms with E-state index in [4.69, 9.17) is 0 Å². The van der Waals surface area contributed by atoms with E-state index in [1.165, 1.54) is 35.0 Å². The van der Waals surface area contributed by atoms with Crippen molar-refractivity contribution in [3.63, 3.8) is 0 Å². The number of rotatable bonds is 7. The van der Waals surface area contributed by atoms with Crippen LogP contribution in [-0.2, 0) is 18.3 Å². The number of aromatic nitrogens is 3. The predicted molar refractivity (Wildman–Crippen MR) is 105 cm³/mol. The summed E-state index contributed by atoms with van der Waals surface area (Å²) >= 11 is 1.33. The molecular weight excluding hydrogens is 363 g/mol. The molecule has 0 bridgehead atoms. The summed E-state index contributed by atoms with van der Waals surface area (Å²) in [5.74, 6) is 0.568. The Hall–Kier alpha value is -2.67. The van der Waals surface area contributed by atoms with Crippen molar-refractivity contribution < 1.29 is 9.18 Å². The Morgan fingerprint density at radius 1 is 1.15 bits per heavy atom. The molecule has 1 amide bonds. The summed E-state index contributed by atoms with van der Waals surface area (Å²) in [6.45, 7) is 2.67. The van der Waals surface area contributed by atoms with Gasteiger partial charge in [-0.25, -0.2) is 4.39 Å². The molecule has 7 heteroatoms.